The summed E-state index contributed by atoms with van der Waals surface area (Å²) in [5.74, 6) is 0. The molecule has 0 bridgehead atoms. The van der Waals surface area contributed by atoms with E-state index in [9.17, 15) is 10.1 Å². The van der Waals surface area contributed by atoms with Gasteiger partial charge < -0.3 is 0 Å². The molecule has 0 aliphatic heterocycles. The van der Waals surface area contributed by atoms with Crippen LogP contribution >= 0.6 is 0 Å². The molecule has 0 radical (unpaired) electrons. The normalized spacial score (nSPS) is 17.1. The molecule has 0 spiro atoms. The highest BCUT2D eigenvalue weighted by molar-refractivity contribution is 5.70. The van der Waals surface area contributed by atoms with Crippen LogP contribution in [0.4, 0.5) is 5.69 Å². The zero-order valence-corrected chi connectivity index (χ0v) is 11.4. The van der Waals surface area contributed by atoms with E-state index in [-0.39, 0.29) is 16.0 Å². The fourth-order valence-corrected chi connectivity index (χ4v) is 2.58. The van der Waals surface area contributed by atoms with Crippen LogP contribution in [0.3, 0.4) is 0 Å². The maximum Gasteiger partial charge on any atom is 0.270 e. The average molecular weight is 257 g/mol. The second-order valence-corrected chi connectivity index (χ2v) is 5.02. The van der Waals surface area contributed by atoms with E-state index in [1.165, 1.54) is 11.6 Å². The Labute approximate surface area is 113 Å². The highest BCUT2D eigenvalue weighted by atomic mass is 16.6. The van der Waals surface area contributed by atoms with Crippen molar-refractivity contribution in [2.75, 3.05) is 0 Å². The Hall–Kier alpha value is -1.90. The van der Waals surface area contributed by atoms with Crippen molar-refractivity contribution in [3.63, 3.8) is 0 Å². The molecule has 0 saturated carbocycles. The monoisotopic (exact) mass is 257 g/mol. The molecule has 1 aliphatic rings. The number of nitro groups is 1. The van der Waals surface area contributed by atoms with Crippen LogP contribution in [0, 0.1) is 15.5 Å². The lowest BCUT2D eigenvalue weighted by Gasteiger charge is -2.29. The molecule has 3 nitrogen and oxygen atoms in total. The van der Waals surface area contributed by atoms with Crippen molar-refractivity contribution in [1.82, 2.24) is 0 Å². The predicted molar refractivity (Wildman–Crippen MR) is 77.8 cm³/mol. The van der Waals surface area contributed by atoms with Gasteiger partial charge in [-0.2, -0.15) is 0 Å². The molecule has 0 amide bonds. The summed E-state index contributed by atoms with van der Waals surface area (Å²) in [5, 5.41) is 10.8. The lowest BCUT2D eigenvalue weighted by atomic mass is 9.76. The first-order valence-electron chi connectivity index (χ1n) is 6.74. The minimum absolute atomic E-state index is 0.109. The third kappa shape index (κ3) is 2.75. The number of hydrogen-bond donors (Lipinski definition) is 0. The predicted octanol–water partition coefficient (Wildman–Crippen LogP) is 4.74. The lowest BCUT2D eigenvalue weighted by Crippen LogP contribution is -2.15. The first-order chi connectivity index (χ1) is 9.10. The number of nitrogens with zero attached hydrogens (tertiary/aromatic N) is 1. The van der Waals surface area contributed by atoms with Gasteiger partial charge in [-0.1, -0.05) is 44.2 Å². The first-order valence-corrected chi connectivity index (χ1v) is 6.74. The summed E-state index contributed by atoms with van der Waals surface area (Å²) < 4.78 is 0. The molecule has 3 heteroatoms. The van der Waals surface area contributed by atoms with Gasteiger partial charge in [-0.05, 0) is 30.4 Å². The molecule has 0 N–H and O–H groups in total. The summed E-state index contributed by atoms with van der Waals surface area (Å²) in [6.07, 6.45) is 9.70. The van der Waals surface area contributed by atoms with Gasteiger partial charge in [-0.25, -0.2) is 0 Å². The van der Waals surface area contributed by atoms with E-state index in [0.29, 0.717) is 0 Å². The van der Waals surface area contributed by atoms with E-state index >= 15 is 0 Å². The van der Waals surface area contributed by atoms with Crippen molar-refractivity contribution in [3.8, 4) is 0 Å². The van der Waals surface area contributed by atoms with E-state index in [2.05, 4.69) is 32.1 Å². The molecular weight excluding hydrogens is 238 g/mol. The number of allylic oxidation sites excluding steroid dienone is 4. The van der Waals surface area contributed by atoms with Gasteiger partial charge in [0.1, 0.15) is 0 Å². The molecule has 0 saturated heterocycles. The van der Waals surface area contributed by atoms with Gasteiger partial charge in [0.05, 0.1) is 4.92 Å². The maximum atomic E-state index is 10.8. The zero-order chi connectivity index (χ0) is 13.9. The second-order valence-electron chi connectivity index (χ2n) is 5.02. The first kappa shape index (κ1) is 13.5. The van der Waals surface area contributed by atoms with E-state index in [4.69, 9.17) is 0 Å². The third-order valence-corrected chi connectivity index (χ3v) is 3.99. The molecule has 0 unspecified atom stereocenters. The molecule has 100 valence electrons. The van der Waals surface area contributed by atoms with E-state index in [1.54, 1.807) is 12.1 Å². The Bertz CT molecular complexity index is 539. The molecule has 19 heavy (non-hydrogen) atoms. The minimum atomic E-state index is -0.338. The summed E-state index contributed by atoms with van der Waals surface area (Å²) in [4.78, 5) is 10.5. The fourth-order valence-electron chi connectivity index (χ4n) is 2.58. The smallest absolute Gasteiger partial charge is 0.258 e. The number of non-ortho nitro benzene ring substituents is 1. The van der Waals surface area contributed by atoms with Crippen LogP contribution in [0.2, 0.25) is 0 Å². The lowest BCUT2D eigenvalue weighted by molar-refractivity contribution is -0.384. The number of rotatable bonds is 4. The summed E-state index contributed by atoms with van der Waals surface area (Å²) in [7, 11) is 0. The third-order valence-electron chi connectivity index (χ3n) is 3.99. The van der Waals surface area contributed by atoms with Gasteiger partial charge in [0.15, 0.2) is 0 Å². The maximum absolute atomic E-state index is 10.8. The molecule has 0 heterocycles. The van der Waals surface area contributed by atoms with Crippen LogP contribution in [0.15, 0.2) is 42.5 Å². The standard InChI is InChI=1S/C16H19NO2/c1-3-16(4-2)10-6-8-14(12-16)13-7-5-9-15(11-13)17(18)19/h5-7,9-12H,3-4,8H2,1-2H3. The Morgan fingerprint density at radius 2 is 2.05 bits per heavy atom. The topological polar surface area (TPSA) is 43.1 Å². The molecular formula is C16H19NO2. The van der Waals surface area contributed by atoms with E-state index in [0.717, 1.165) is 24.8 Å². The van der Waals surface area contributed by atoms with Gasteiger partial charge in [0, 0.05) is 17.5 Å². The highest BCUT2D eigenvalue weighted by Crippen LogP contribution is 2.38. The second kappa shape index (κ2) is 5.39. The largest absolute Gasteiger partial charge is 0.270 e. The SMILES string of the molecule is CCC1(CC)C=CCC(c2cccc([N+](=O)[O-])c2)=C1. The summed E-state index contributed by atoms with van der Waals surface area (Å²) in [6.45, 7) is 4.36. The Morgan fingerprint density at radius 1 is 1.32 bits per heavy atom. The summed E-state index contributed by atoms with van der Waals surface area (Å²) in [5.41, 5.74) is 2.42. The molecule has 0 fully saturated rings. The Kier molecular flexibility index (Phi) is 3.84. The molecule has 1 aromatic rings. The van der Waals surface area contributed by atoms with Gasteiger partial charge in [0.2, 0.25) is 0 Å². The molecule has 0 aromatic heterocycles. The highest BCUT2D eigenvalue weighted by Gasteiger charge is 2.23. The molecule has 1 aromatic carbocycles. The van der Waals surface area contributed by atoms with Crippen LogP contribution in [0.1, 0.15) is 38.7 Å². The van der Waals surface area contributed by atoms with Gasteiger partial charge in [0.25, 0.3) is 5.69 Å². The molecule has 1 aliphatic carbocycles. The minimum Gasteiger partial charge on any atom is -0.258 e. The van der Waals surface area contributed by atoms with Crippen LogP contribution < -0.4 is 0 Å². The quantitative estimate of drug-likeness (QED) is 0.444. The van der Waals surface area contributed by atoms with Crippen molar-refractivity contribution in [2.45, 2.75) is 33.1 Å². The molecule has 0 atom stereocenters. The van der Waals surface area contributed by atoms with Crippen molar-refractivity contribution in [2.24, 2.45) is 5.41 Å². The fraction of sp³-hybridized carbons (Fsp3) is 0.375. The van der Waals surface area contributed by atoms with Gasteiger partial charge >= 0.3 is 0 Å². The van der Waals surface area contributed by atoms with E-state index < -0.39 is 0 Å². The zero-order valence-electron chi connectivity index (χ0n) is 11.4. The van der Waals surface area contributed by atoms with Crippen molar-refractivity contribution in [1.29, 1.82) is 0 Å². The van der Waals surface area contributed by atoms with Gasteiger partial charge in [-0.15, -0.1) is 0 Å². The van der Waals surface area contributed by atoms with Crippen molar-refractivity contribution >= 4 is 11.3 Å². The van der Waals surface area contributed by atoms with Gasteiger partial charge in [-0.3, -0.25) is 10.1 Å². The Morgan fingerprint density at radius 3 is 2.68 bits per heavy atom. The van der Waals surface area contributed by atoms with Crippen LogP contribution in [0.25, 0.3) is 5.57 Å². The van der Waals surface area contributed by atoms with Crippen molar-refractivity contribution < 1.29 is 4.92 Å². The number of nitro benzene ring substituents is 1. The Balaban J connectivity index is 2.39. The average Bonchev–Trinajstić information content (AvgIpc) is 2.47. The number of hydrogen-bond acceptors (Lipinski definition) is 2. The molecule has 2 rings (SSSR count). The number of benzene rings is 1. The van der Waals surface area contributed by atoms with Crippen LogP contribution in [-0.2, 0) is 0 Å². The van der Waals surface area contributed by atoms with Crippen LogP contribution in [-0.4, -0.2) is 4.92 Å². The van der Waals surface area contributed by atoms with E-state index in [1.807, 2.05) is 6.07 Å². The van der Waals surface area contributed by atoms with Crippen LogP contribution in [0.5, 0.6) is 0 Å². The summed E-state index contributed by atoms with van der Waals surface area (Å²) in [6, 6.07) is 6.91. The van der Waals surface area contributed by atoms with Crippen molar-refractivity contribution in [3.05, 3.63) is 58.2 Å². The summed E-state index contributed by atoms with van der Waals surface area (Å²) >= 11 is 0.